The SMILES string of the molecule is CCc1cc(CN)cc(N(CC)Cc2cccc(C)n2)n1. The van der Waals surface area contributed by atoms with Gasteiger partial charge in [-0.15, -0.1) is 0 Å². The molecule has 0 unspecified atom stereocenters. The molecule has 4 heteroatoms. The third-order valence-corrected chi connectivity index (χ3v) is 3.53. The molecule has 2 heterocycles. The number of pyridine rings is 2. The Balaban J connectivity index is 2.28. The van der Waals surface area contributed by atoms with Gasteiger partial charge in [0.25, 0.3) is 0 Å². The van der Waals surface area contributed by atoms with E-state index in [4.69, 9.17) is 10.7 Å². The number of nitrogens with zero attached hydrogens (tertiary/aromatic N) is 3. The van der Waals surface area contributed by atoms with E-state index in [1.807, 2.05) is 19.1 Å². The average molecular weight is 284 g/mol. The zero-order chi connectivity index (χ0) is 15.2. The summed E-state index contributed by atoms with van der Waals surface area (Å²) in [6.45, 7) is 8.47. The summed E-state index contributed by atoms with van der Waals surface area (Å²) >= 11 is 0. The molecule has 0 saturated heterocycles. The van der Waals surface area contributed by atoms with Gasteiger partial charge in [-0.05, 0) is 50.1 Å². The highest BCUT2D eigenvalue weighted by Gasteiger charge is 2.10. The summed E-state index contributed by atoms with van der Waals surface area (Å²) in [5.41, 5.74) is 10.1. The van der Waals surface area contributed by atoms with Gasteiger partial charge in [-0.3, -0.25) is 4.98 Å². The van der Waals surface area contributed by atoms with Gasteiger partial charge in [0.15, 0.2) is 0 Å². The van der Waals surface area contributed by atoms with Crippen LogP contribution in [0.1, 0.15) is 36.5 Å². The van der Waals surface area contributed by atoms with Crippen molar-refractivity contribution in [2.45, 2.75) is 40.3 Å². The number of aryl methyl sites for hydroxylation is 2. The molecule has 2 rings (SSSR count). The molecule has 0 saturated carbocycles. The molecule has 2 aromatic rings. The summed E-state index contributed by atoms with van der Waals surface area (Å²) in [6.07, 6.45) is 0.918. The fraction of sp³-hybridized carbons (Fsp3) is 0.412. The lowest BCUT2D eigenvalue weighted by atomic mass is 10.2. The zero-order valence-corrected chi connectivity index (χ0v) is 13.1. The fourth-order valence-electron chi connectivity index (χ4n) is 2.33. The summed E-state index contributed by atoms with van der Waals surface area (Å²) in [4.78, 5) is 11.5. The minimum atomic E-state index is 0.544. The summed E-state index contributed by atoms with van der Waals surface area (Å²) in [5, 5.41) is 0. The van der Waals surface area contributed by atoms with Crippen LogP contribution < -0.4 is 10.6 Å². The first kappa shape index (κ1) is 15.4. The minimum Gasteiger partial charge on any atom is -0.351 e. The average Bonchev–Trinajstić information content (AvgIpc) is 2.52. The molecule has 0 bridgehead atoms. The normalized spacial score (nSPS) is 10.7. The van der Waals surface area contributed by atoms with Crippen molar-refractivity contribution >= 4 is 5.82 Å². The number of nitrogens with two attached hydrogens (primary N) is 1. The molecule has 2 N–H and O–H groups in total. The number of hydrogen-bond acceptors (Lipinski definition) is 4. The second-order valence-corrected chi connectivity index (χ2v) is 5.17. The number of hydrogen-bond donors (Lipinski definition) is 1. The molecule has 4 nitrogen and oxygen atoms in total. The Bertz CT molecular complexity index is 573. The van der Waals surface area contributed by atoms with Gasteiger partial charge in [-0.1, -0.05) is 13.0 Å². The Morgan fingerprint density at radius 1 is 1.10 bits per heavy atom. The molecule has 0 aromatic carbocycles. The predicted octanol–water partition coefficient (Wildman–Crippen LogP) is 2.83. The second-order valence-electron chi connectivity index (χ2n) is 5.17. The lowest BCUT2D eigenvalue weighted by Gasteiger charge is -2.23. The highest BCUT2D eigenvalue weighted by molar-refractivity contribution is 5.43. The van der Waals surface area contributed by atoms with Crippen LogP contribution in [0.5, 0.6) is 0 Å². The van der Waals surface area contributed by atoms with Crippen molar-refractivity contribution in [3.8, 4) is 0 Å². The van der Waals surface area contributed by atoms with E-state index in [1.165, 1.54) is 0 Å². The van der Waals surface area contributed by atoms with Crippen molar-refractivity contribution in [2.24, 2.45) is 5.73 Å². The van der Waals surface area contributed by atoms with E-state index in [1.54, 1.807) is 0 Å². The van der Waals surface area contributed by atoms with Crippen LogP contribution in [-0.2, 0) is 19.5 Å². The van der Waals surface area contributed by atoms with Gasteiger partial charge in [0.05, 0.1) is 12.2 Å². The smallest absolute Gasteiger partial charge is 0.129 e. The van der Waals surface area contributed by atoms with Crippen molar-refractivity contribution in [1.82, 2.24) is 9.97 Å². The van der Waals surface area contributed by atoms with E-state index in [2.05, 4.69) is 41.9 Å². The highest BCUT2D eigenvalue weighted by Crippen LogP contribution is 2.17. The van der Waals surface area contributed by atoms with E-state index in [9.17, 15) is 0 Å². The molecular weight excluding hydrogens is 260 g/mol. The van der Waals surface area contributed by atoms with Gasteiger partial charge in [-0.2, -0.15) is 0 Å². The van der Waals surface area contributed by atoms with Gasteiger partial charge in [-0.25, -0.2) is 4.98 Å². The van der Waals surface area contributed by atoms with Crippen LogP contribution in [0.25, 0.3) is 0 Å². The maximum Gasteiger partial charge on any atom is 0.129 e. The van der Waals surface area contributed by atoms with Crippen LogP contribution >= 0.6 is 0 Å². The van der Waals surface area contributed by atoms with Crippen molar-refractivity contribution in [3.05, 3.63) is 53.0 Å². The van der Waals surface area contributed by atoms with Crippen LogP contribution in [0, 0.1) is 6.92 Å². The standard InChI is InChI=1S/C17H24N4/c1-4-15-9-14(11-18)10-17(20-15)21(5-2)12-16-8-6-7-13(3)19-16/h6-10H,4-5,11-12,18H2,1-3H3. The fourth-order valence-corrected chi connectivity index (χ4v) is 2.33. The van der Waals surface area contributed by atoms with Crippen molar-refractivity contribution in [1.29, 1.82) is 0 Å². The molecule has 0 fully saturated rings. The summed E-state index contributed by atoms with van der Waals surface area (Å²) in [5.74, 6) is 0.987. The molecule has 0 atom stereocenters. The van der Waals surface area contributed by atoms with Crippen molar-refractivity contribution < 1.29 is 0 Å². The van der Waals surface area contributed by atoms with E-state index < -0.39 is 0 Å². The first-order valence-corrected chi connectivity index (χ1v) is 7.53. The quantitative estimate of drug-likeness (QED) is 0.886. The largest absolute Gasteiger partial charge is 0.351 e. The Hall–Kier alpha value is -1.94. The molecule has 0 aliphatic heterocycles. The van der Waals surface area contributed by atoms with E-state index >= 15 is 0 Å². The van der Waals surface area contributed by atoms with E-state index in [0.717, 1.165) is 48.0 Å². The predicted molar refractivity (Wildman–Crippen MR) is 87.2 cm³/mol. The number of anilines is 1. The van der Waals surface area contributed by atoms with Crippen LogP contribution in [-0.4, -0.2) is 16.5 Å². The molecule has 21 heavy (non-hydrogen) atoms. The van der Waals surface area contributed by atoms with Crippen LogP contribution in [0.3, 0.4) is 0 Å². The topological polar surface area (TPSA) is 55.0 Å². The molecule has 0 aliphatic carbocycles. The highest BCUT2D eigenvalue weighted by atomic mass is 15.2. The van der Waals surface area contributed by atoms with Gasteiger partial charge < -0.3 is 10.6 Å². The summed E-state index contributed by atoms with van der Waals surface area (Å²) in [6, 6.07) is 10.3. The minimum absolute atomic E-state index is 0.544. The molecule has 0 aliphatic rings. The monoisotopic (exact) mass is 284 g/mol. The van der Waals surface area contributed by atoms with Crippen molar-refractivity contribution in [3.63, 3.8) is 0 Å². The third kappa shape index (κ3) is 4.02. The summed E-state index contributed by atoms with van der Waals surface area (Å²) < 4.78 is 0. The third-order valence-electron chi connectivity index (χ3n) is 3.53. The van der Waals surface area contributed by atoms with Gasteiger partial charge in [0, 0.05) is 24.5 Å². The van der Waals surface area contributed by atoms with Crippen LogP contribution in [0.15, 0.2) is 30.3 Å². The van der Waals surface area contributed by atoms with Crippen LogP contribution in [0.2, 0.25) is 0 Å². The summed E-state index contributed by atoms with van der Waals surface area (Å²) in [7, 11) is 0. The second kappa shape index (κ2) is 7.18. The Labute approximate surface area is 127 Å². The van der Waals surface area contributed by atoms with Gasteiger partial charge in [0.2, 0.25) is 0 Å². The Morgan fingerprint density at radius 2 is 1.90 bits per heavy atom. The number of aromatic nitrogens is 2. The lowest BCUT2D eigenvalue weighted by Crippen LogP contribution is -2.24. The molecule has 0 radical (unpaired) electrons. The molecular formula is C17H24N4. The van der Waals surface area contributed by atoms with E-state index in [-0.39, 0.29) is 0 Å². The molecule has 112 valence electrons. The van der Waals surface area contributed by atoms with Crippen LogP contribution in [0.4, 0.5) is 5.82 Å². The van der Waals surface area contributed by atoms with Gasteiger partial charge in [0.1, 0.15) is 5.82 Å². The number of rotatable bonds is 6. The van der Waals surface area contributed by atoms with E-state index in [0.29, 0.717) is 6.54 Å². The zero-order valence-electron chi connectivity index (χ0n) is 13.1. The maximum atomic E-state index is 5.80. The van der Waals surface area contributed by atoms with Crippen molar-refractivity contribution in [2.75, 3.05) is 11.4 Å². The Kier molecular flexibility index (Phi) is 5.28. The van der Waals surface area contributed by atoms with Gasteiger partial charge >= 0.3 is 0 Å². The molecule has 0 amide bonds. The first-order chi connectivity index (χ1) is 10.2. The Morgan fingerprint density at radius 3 is 2.52 bits per heavy atom. The molecule has 0 spiro atoms. The first-order valence-electron chi connectivity index (χ1n) is 7.53. The maximum absolute atomic E-state index is 5.80. The lowest BCUT2D eigenvalue weighted by molar-refractivity contribution is 0.782. The molecule has 2 aromatic heterocycles.